The van der Waals surface area contributed by atoms with E-state index in [2.05, 4.69) is 15.5 Å². The minimum absolute atomic E-state index is 0.182. The van der Waals surface area contributed by atoms with Crippen LogP contribution in [0.3, 0.4) is 0 Å². The molecular formula is C24H21F4N3O. The zero-order valence-corrected chi connectivity index (χ0v) is 17.1. The largest absolute Gasteiger partial charge is 0.416 e. The van der Waals surface area contributed by atoms with Gasteiger partial charge in [-0.2, -0.15) is 23.4 Å². The predicted octanol–water partition coefficient (Wildman–Crippen LogP) is 6.21. The molecule has 0 saturated heterocycles. The quantitative estimate of drug-likeness (QED) is 0.488. The first-order chi connectivity index (χ1) is 15.3. The van der Waals surface area contributed by atoms with Gasteiger partial charge in [-0.15, -0.1) is 0 Å². The summed E-state index contributed by atoms with van der Waals surface area (Å²) in [5.74, 6) is -1.62. The Bertz CT molecular complexity index is 1080. The van der Waals surface area contributed by atoms with Gasteiger partial charge in [-0.25, -0.2) is 4.39 Å². The standard InChI is InChI=1S/C24H21F4N3O/c25-21-13-20(24(26,27)28)8-9-22(21)31-23(32)18-3-1-2-17(12-18)15-4-6-16(7-5-15)19-10-11-29-30-14-19/h4-11,13-14,17-18H,1-3,12H2,(H,31,32). The van der Waals surface area contributed by atoms with Crippen molar-refractivity contribution in [2.45, 2.75) is 37.8 Å². The van der Waals surface area contributed by atoms with E-state index in [1.165, 1.54) is 0 Å². The lowest BCUT2D eigenvalue weighted by molar-refractivity contribution is -0.137. The number of aromatic nitrogens is 2. The van der Waals surface area contributed by atoms with Crippen molar-refractivity contribution in [1.29, 1.82) is 0 Å². The lowest BCUT2D eigenvalue weighted by atomic mass is 9.77. The third-order valence-electron chi connectivity index (χ3n) is 5.90. The number of nitrogens with one attached hydrogen (secondary N) is 1. The second-order valence-electron chi connectivity index (χ2n) is 8.00. The molecule has 1 aliphatic rings. The van der Waals surface area contributed by atoms with Crippen LogP contribution in [0.1, 0.15) is 42.7 Å². The first-order valence-electron chi connectivity index (χ1n) is 10.4. The van der Waals surface area contributed by atoms with Crippen molar-refractivity contribution in [3.8, 4) is 11.1 Å². The number of rotatable bonds is 4. The van der Waals surface area contributed by atoms with Crippen LogP contribution in [0.4, 0.5) is 23.2 Å². The first-order valence-corrected chi connectivity index (χ1v) is 10.4. The molecule has 1 saturated carbocycles. The van der Waals surface area contributed by atoms with E-state index in [4.69, 9.17) is 0 Å². The van der Waals surface area contributed by atoms with Crippen LogP contribution in [0.25, 0.3) is 11.1 Å². The second kappa shape index (κ2) is 9.06. The van der Waals surface area contributed by atoms with Gasteiger partial charge in [-0.3, -0.25) is 4.79 Å². The third-order valence-corrected chi connectivity index (χ3v) is 5.90. The lowest BCUT2D eigenvalue weighted by Gasteiger charge is -2.29. The minimum atomic E-state index is -4.64. The molecule has 2 atom stereocenters. The first kappa shape index (κ1) is 21.9. The molecular weight excluding hydrogens is 422 g/mol. The number of halogens is 4. The van der Waals surface area contributed by atoms with Crippen molar-refractivity contribution in [1.82, 2.24) is 10.2 Å². The Morgan fingerprint density at radius 2 is 1.75 bits per heavy atom. The summed E-state index contributed by atoms with van der Waals surface area (Å²) in [6.07, 6.45) is 1.73. The average molecular weight is 443 g/mol. The molecule has 1 N–H and O–H groups in total. The number of nitrogens with zero attached hydrogens (tertiary/aromatic N) is 2. The Hall–Kier alpha value is -3.29. The smallest absolute Gasteiger partial charge is 0.323 e. The summed E-state index contributed by atoms with van der Waals surface area (Å²) in [6.45, 7) is 0. The Morgan fingerprint density at radius 1 is 0.969 bits per heavy atom. The second-order valence-corrected chi connectivity index (χ2v) is 8.00. The maximum absolute atomic E-state index is 14.1. The number of benzene rings is 2. The van der Waals surface area contributed by atoms with E-state index in [1.54, 1.807) is 12.4 Å². The molecule has 0 bridgehead atoms. The molecule has 0 spiro atoms. The molecule has 1 amide bonds. The SMILES string of the molecule is O=C(Nc1ccc(C(F)(F)F)cc1F)C1CCCC(c2ccc(-c3ccnnc3)cc2)C1. The van der Waals surface area contributed by atoms with Gasteiger partial charge in [0.05, 0.1) is 23.6 Å². The highest BCUT2D eigenvalue weighted by molar-refractivity contribution is 5.92. The fraction of sp³-hybridized carbons (Fsp3) is 0.292. The normalized spacial score (nSPS) is 18.9. The fourth-order valence-corrected chi connectivity index (χ4v) is 4.17. The Kier molecular flexibility index (Phi) is 6.21. The zero-order chi connectivity index (χ0) is 22.7. The molecule has 166 valence electrons. The summed E-state index contributed by atoms with van der Waals surface area (Å²) in [4.78, 5) is 12.7. The summed E-state index contributed by atoms with van der Waals surface area (Å²) in [5, 5.41) is 10.1. The lowest BCUT2D eigenvalue weighted by Crippen LogP contribution is -2.28. The number of alkyl halides is 3. The van der Waals surface area contributed by atoms with Gasteiger partial charge in [0.15, 0.2) is 0 Å². The molecule has 1 heterocycles. The Labute approximate surface area is 182 Å². The van der Waals surface area contributed by atoms with Crippen LogP contribution >= 0.6 is 0 Å². The molecule has 0 aliphatic heterocycles. The van der Waals surface area contributed by atoms with Gasteiger partial charge in [-0.05, 0) is 60.6 Å². The van der Waals surface area contributed by atoms with Gasteiger partial charge in [0.2, 0.25) is 5.91 Å². The van der Waals surface area contributed by atoms with Crippen LogP contribution in [-0.4, -0.2) is 16.1 Å². The fourth-order valence-electron chi connectivity index (χ4n) is 4.17. The van der Waals surface area contributed by atoms with E-state index < -0.39 is 17.6 Å². The van der Waals surface area contributed by atoms with E-state index >= 15 is 0 Å². The maximum atomic E-state index is 14.1. The summed E-state index contributed by atoms with van der Waals surface area (Å²) in [7, 11) is 0. The highest BCUT2D eigenvalue weighted by Gasteiger charge is 2.32. The van der Waals surface area contributed by atoms with Crippen LogP contribution in [-0.2, 0) is 11.0 Å². The molecule has 4 nitrogen and oxygen atoms in total. The van der Waals surface area contributed by atoms with E-state index in [0.717, 1.165) is 41.7 Å². The number of carbonyl (C=O) groups excluding carboxylic acids is 1. The van der Waals surface area contributed by atoms with Crippen LogP contribution < -0.4 is 5.32 Å². The van der Waals surface area contributed by atoms with Crippen LogP contribution in [0.2, 0.25) is 0 Å². The Morgan fingerprint density at radius 3 is 2.41 bits per heavy atom. The molecule has 1 aromatic heterocycles. The molecule has 4 rings (SSSR count). The molecule has 32 heavy (non-hydrogen) atoms. The topological polar surface area (TPSA) is 54.9 Å². The summed E-state index contributed by atoms with van der Waals surface area (Å²) < 4.78 is 52.3. The summed E-state index contributed by atoms with van der Waals surface area (Å²) in [6, 6.07) is 12.1. The monoisotopic (exact) mass is 443 g/mol. The van der Waals surface area contributed by atoms with Gasteiger partial charge in [0.25, 0.3) is 0 Å². The van der Waals surface area contributed by atoms with Crippen molar-refractivity contribution in [3.05, 3.63) is 77.9 Å². The Balaban J connectivity index is 1.42. The zero-order valence-electron chi connectivity index (χ0n) is 17.1. The average Bonchev–Trinajstić information content (AvgIpc) is 2.80. The van der Waals surface area contributed by atoms with Crippen molar-refractivity contribution < 1.29 is 22.4 Å². The maximum Gasteiger partial charge on any atom is 0.416 e. The van der Waals surface area contributed by atoms with Gasteiger partial charge in [0, 0.05) is 11.5 Å². The van der Waals surface area contributed by atoms with Crippen molar-refractivity contribution in [2.75, 3.05) is 5.32 Å². The van der Waals surface area contributed by atoms with Crippen LogP contribution in [0.15, 0.2) is 60.9 Å². The molecule has 2 unspecified atom stereocenters. The highest BCUT2D eigenvalue weighted by Crippen LogP contribution is 2.38. The van der Waals surface area contributed by atoms with Crippen molar-refractivity contribution >= 4 is 11.6 Å². The number of anilines is 1. The van der Waals surface area contributed by atoms with Crippen LogP contribution in [0.5, 0.6) is 0 Å². The molecule has 8 heteroatoms. The third kappa shape index (κ3) is 4.95. The van der Waals surface area contributed by atoms with Gasteiger partial charge in [-0.1, -0.05) is 30.7 Å². The number of amides is 1. The molecule has 0 radical (unpaired) electrons. The summed E-state index contributed by atoms with van der Waals surface area (Å²) >= 11 is 0. The van der Waals surface area contributed by atoms with Crippen LogP contribution in [0, 0.1) is 11.7 Å². The van der Waals surface area contributed by atoms with Gasteiger partial charge < -0.3 is 5.32 Å². The van der Waals surface area contributed by atoms with E-state index in [-0.39, 0.29) is 23.4 Å². The minimum Gasteiger partial charge on any atom is -0.323 e. The highest BCUT2D eigenvalue weighted by atomic mass is 19.4. The molecule has 3 aromatic rings. The van der Waals surface area contributed by atoms with Crippen molar-refractivity contribution in [3.63, 3.8) is 0 Å². The van der Waals surface area contributed by atoms with Gasteiger partial charge >= 0.3 is 6.18 Å². The predicted molar refractivity (Wildman–Crippen MR) is 112 cm³/mol. The summed E-state index contributed by atoms with van der Waals surface area (Å²) in [5.41, 5.74) is 1.78. The van der Waals surface area contributed by atoms with Crippen molar-refractivity contribution in [2.24, 2.45) is 5.92 Å². The van der Waals surface area contributed by atoms with E-state index in [0.29, 0.717) is 18.9 Å². The molecule has 2 aromatic carbocycles. The number of carbonyl (C=O) groups is 1. The molecule has 1 aliphatic carbocycles. The van der Waals surface area contributed by atoms with Gasteiger partial charge in [0.1, 0.15) is 5.82 Å². The molecule has 1 fully saturated rings. The number of hydrogen-bond acceptors (Lipinski definition) is 3. The van der Waals surface area contributed by atoms with E-state index in [9.17, 15) is 22.4 Å². The number of hydrogen-bond donors (Lipinski definition) is 1. The van der Waals surface area contributed by atoms with E-state index in [1.807, 2.05) is 30.3 Å².